The van der Waals surface area contributed by atoms with Crippen molar-refractivity contribution in [1.29, 1.82) is 0 Å². The van der Waals surface area contributed by atoms with Gasteiger partial charge < -0.3 is 5.73 Å². The summed E-state index contributed by atoms with van der Waals surface area (Å²) in [6, 6.07) is 1.50. The van der Waals surface area contributed by atoms with Gasteiger partial charge in [0, 0.05) is 24.2 Å². The van der Waals surface area contributed by atoms with Gasteiger partial charge in [-0.05, 0) is 25.3 Å². The molecule has 1 atom stereocenters. The normalized spacial score (nSPS) is 14.6. The summed E-state index contributed by atoms with van der Waals surface area (Å²) in [5, 5.41) is 10.7. The van der Waals surface area contributed by atoms with Crippen molar-refractivity contribution in [3.8, 4) is 0 Å². The zero-order valence-corrected chi connectivity index (χ0v) is 16.0. The number of halogens is 4. The van der Waals surface area contributed by atoms with E-state index in [4.69, 9.17) is 5.73 Å². The van der Waals surface area contributed by atoms with E-state index < -0.39 is 42.8 Å². The predicted octanol–water partition coefficient (Wildman–Crippen LogP) is 3.08. The molecule has 26 heavy (non-hydrogen) atoms. The molecule has 0 heterocycles. The number of nitro groups is 1. The summed E-state index contributed by atoms with van der Waals surface area (Å²) < 4.78 is 66.8. The fraction of sp³-hybridized carbons (Fsp3) is 0.571. The van der Waals surface area contributed by atoms with Crippen LogP contribution in [0.4, 0.5) is 18.9 Å². The van der Waals surface area contributed by atoms with Gasteiger partial charge in [0.25, 0.3) is 5.69 Å². The first-order valence-corrected chi connectivity index (χ1v) is 8.80. The van der Waals surface area contributed by atoms with Gasteiger partial charge in [0.05, 0.1) is 15.4 Å². The Kier molecular flexibility index (Phi) is 8.04. The molecule has 0 aliphatic rings. The Morgan fingerprint density at radius 2 is 1.85 bits per heavy atom. The minimum Gasteiger partial charge on any atom is -0.329 e. The lowest BCUT2D eigenvalue weighted by Gasteiger charge is -2.31. The third-order valence-corrected chi connectivity index (χ3v) is 5.16. The molecule has 0 radical (unpaired) electrons. The van der Waals surface area contributed by atoms with Crippen molar-refractivity contribution in [1.82, 2.24) is 4.72 Å². The predicted molar refractivity (Wildman–Crippen MR) is 92.6 cm³/mol. The van der Waals surface area contributed by atoms with Crippen LogP contribution in [-0.2, 0) is 16.2 Å². The van der Waals surface area contributed by atoms with E-state index >= 15 is 0 Å². The lowest BCUT2D eigenvalue weighted by molar-refractivity contribution is -0.385. The van der Waals surface area contributed by atoms with Crippen molar-refractivity contribution in [2.45, 2.75) is 43.8 Å². The number of rotatable bonds is 7. The second kappa shape index (κ2) is 8.51. The zero-order valence-electron chi connectivity index (χ0n) is 14.3. The summed E-state index contributed by atoms with van der Waals surface area (Å²) >= 11 is 0. The first kappa shape index (κ1) is 24.6. The maximum absolute atomic E-state index is 13.2. The van der Waals surface area contributed by atoms with E-state index in [9.17, 15) is 31.7 Å². The minimum atomic E-state index is -5.08. The van der Waals surface area contributed by atoms with Crippen molar-refractivity contribution in [2.75, 3.05) is 6.54 Å². The summed E-state index contributed by atoms with van der Waals surface area (Å²) in [6.07, 6.45) is -4.77. The van der Waals surface area contributed by atoms with Crippen LogP contribution in [-0.4, -0.2) is 25.4 Å². The fourth-order valence-electron chi connectivity index (χ4n) is 2.53. The van der Waals surface area contributed by atoms with Crippen molar-refractivity contribution in [3.05, 3.63) is 33.9 Å². The maximum Gasteiger partial charge on any atom is 0.417 e. The van der Waals surface area contributed by atoms with E-state index in [1.165, 1.54) is 6.92 Å². The van der Waals surface area contributed by atoms with Gasteiger partial charge in [0.1, 0.15) is 0 Å². The molecule has 0 aliphatic carbocycles. The summed E-state index contributed by atoms with van der Waals surface area (Å²) in [7, 11) is -4.60. The van der Waals surface area contributed by atoms with Gasteiger partial charge in [-0.3, -0.25) is 10.1 Å². The van der Waals surface area contributed by atoms with Gasteiger partial charge in [0.15, 0.2) is 0 Å². The van der Waals surface area contributed by atoms with Crippen LogP contribution in [0.5, 0.6) is 0 Å². The van der Waals surface area contributed by atoms with E-state index in [1.807, 2.05) is 13.8 Å². The van der Waals surface area contributed by atoms with E-state index in [0.717, 1.165) is 0 Å². The van der Waals surface area contributed by atoms with Gasteiger partial charge in [-0.1, -0.05) is 13.8 Å². The maximum atomic E-state index is 13.2. The number of benzene rings is 1. The molecule has 1 aromatic rings. The average Bonchev–Trinajstić information content (AvgIpc) is 2.44. The largest absolute Gasteiger partial charge is 0.417 e. The Morgan fingerprint density at radius 1 is 1.31 bits per heavy atom. The second-order valence-corrected chi connectivity index (χ2v) is 8.05. The highest BCUT2D eigenvalue weighted by Crippen LogP contribution is 2.36. The Labute approximate surface area is 155 Å². The van der Waals surface area contributed by atoms with Crippen molar-refractivity contribution in [3.63, 3.8) is 0 Å². The number of non-ortho nitro benzene ring substituents is 1. The van der Waals surface area contributed by atoms with E-state index in [2.05, 4.69) is 4.72 Å². The van der Waals surface area contributed by atoms with Crippen LogP contribution in [0, 0.1) is 16.0 Å². The number of nitro benzene ring substituents is 1. The molecule has 0 aromatic heterocycles. The number of nitrogens with one attached hydrogen (secondary N) is 1. The molecule has 1 rings (SSSR count). The minimum absolute atomic E-state index is 0. The Bertz CT molecular complexity index is 756. The highest BCUT2D eigenvalue weighted by Gasteiger charge is 2.40. The quantitative estimate of drug-likeness (QED) is 0.520. The molecule has 7 nitrogen and oxygen atoms in total. The fourth-order valence-corrected chi connectivity index (χ4v) is 4.17. The molecule has 12 heteroatoms. The van der Waals surface area contributed by atoms with Crippen molar-refractivity contribution >= 4 is 28.1 Å². The molecule has 0 aliphatic heterocycles. The highest BCUT2D eigenvalue weighted by atomic mass is 35.5. The molecule has 0 spiro atoms. The molecule has 0 fully saturated rings. The molecule has 3 N–H and O–H groups in total. The van der Waals surface area contributed by atoms with Gasteiger partial charge in [-0.15, -0.1) is 12.4 Å². The number of hydrogen-bond donors (Lipinski definition) is 2. The van der Waals surface area contributed by atoms with Gasteiger partial charge >= 0.3 is 6.18 Å². The number of hydrogen-bond acceptors (Lipinski definition) is 5. The van der Waals surface area contributed by atoms with Crippen LogP contribution in [0.3, 0.4) is 0 Å². The van der Waals surface area contributed by atoms with E-state index in [1.54, 1.807) is 0 Å². The molecular weight excluding hydrogens is 399 g/mol. The lowest BCUT2D eigenvalue weighted by atomic mass is 9.92. The molecule has 1 aromatic carbocycles. The van der Waals surface area contributed by atoms with Crippen LogP contribution in [0.1, 0.15) is 32.8 Å². The summed E-state index contributed by atoms with van der Waals surface area (Å²) in [6.45, 7) is 4.99. The molecule has 0 saturated carbocycles. The second-order valence-electron chi connectivity index (χ2n) is 6.40. The van der Waals surface area contributed by atoms with Crippen molar-refractivity contribution < 1.29 is 26.5 Å². The SMILES string of the molecule is CC(C)CC(C)(CN)NS(=O)(=O)c1ccc([N+](=O)[O-])cc1C(F)(F)F.Cl. The number of sulfonamides is 1. The number of nitrogens with two attached hydrogens (primary N) is 1. The van der Waals surface area contributed by atoms with Crippen molar-refractivity contribution in [2.24, 2.45) is 11.7 Å². The number of alkyl halides is 3. The van der Waals surface area contributed by atoms with Crippen LogP contribution in [0.2, 0.25) is 0 Å². The van der Waals surface area contributed by atoms with Crippen LogP contribution in [0.15, 0.2) is 23.1 Å². The first-order chi connectivity index (χ1) is 11.2. The smallest absolute Gasteiger partial charge is 0.329 e. The van der Waals surface area contributed by atoms with Crippen LogP contribution >= 0.6 is 12.4 Å². The highest BCUT2D eigenvalue weighted by molar-refractivity contribution is 7.89. The third-order valence-electron chi connectivity index (χ3n) is 3.46. The first-order valence-electron chi connectivity index (χ1n) is 7.31. The Balaban J connectivity index is 0.00000625. The zero-order chi connectivity index (χ0) is 19.6. The molecule has 150 valence electrons. The Morgan fingerprint density at radius 3 is 2.23 bits per heavy atom. The average molecular weight is 420 g/mol. The molecule has 1 unspecified atom stereocenters. The topological polar surface area (TPSA) is 115 Å². The van der Waals surface area contributed by atoms with Gasteiger partial charge in [-0.25, -0.2) is 13.1 Å². The standard InChI is InChI=1S/C14H20F3N3O4S.ClH/c1-9(2)7-13(3,8-18)19-25(23,24)12-5-4-10(20(21)22)6-11(12)14(15,16)17;/h4-6,9,19H,7-8,18H2,1-3H3;1H. The third kappa shape index (κ3) is 6.08. The molecule has 0 amide bonds. The number of nitrogens with zero attached hydrogens (tertiary/aromatic N) is 1. The molecule has 0 bridgehead atoms. The summed E-state index contributed by atoms with van der Waals surface area (Å²) in [4.78, 5) is 8.59. The summed E-state index contributed by atoms with van der Waals surface area (Å²) in [5.74, 6) is 0.0372. The van der Waals surface area contributed by atoms with Crippen LogP contribution < -0.4 is 10.5 Å². The lowest BCUT2D eigenvalue weighted by Crippen LogP contribution is -2.52. The summed E-state index contributed by atoms with van der Waals surface area (Å²) in [5.41, 5.74) is 1.98. The van der Waals surface area contributed by atoms with E-state index in [0.29, 0.717) is 18.6 Å². The van der Waals surface area contributed by atoms with Crippen LogP contribution in [0.25, 0.3) is 0 Å². The molecular formula is C14H21ClF3N3O4S. The van der Waals surface area contributed by atoms with Gasteiger partial charge in [0.2, 0.25) is 10.0 Å². The van der Waals surface area contributed by atoms with Gasteiger partial charge in [-0.2, -0.15) is 13.2 Å². The monoisotopic (exact) mass is 419 g/mol. The Hall–Kier alpha value is -1.43. The van der Waals surface area contributed by atoms with E-state index in [-0.39, 0.29) is 30.9 Å². The molecule has 0 saturated heterocycles.